The molecule has 0 heterocycles. The molecule has 20 heavy (non-hydrogen) atoms. The molecule has 1 amide bonds. The molecule has 0 aliphatic heterocycles. The largest absolute Gasteiger partial charge is 0.355 e. The first-order valence-corrected chi connectivity index (χ1v) is 7.44. The first-order chi connectivity index (χ1) is 9.66. The number of halogens is 1. The predicted molar refractivity (Wildman–Crippen MR) is 77.7 cm³/mol. The summed E-state index contributed by atoms with van der Waals surface area (Å²) in [6, 6.07) is 6.37. The van der Waals surface area contributed by atoms with Gasteiger partial charge in [-0.05, 0) is 37.0 Å². The molecule has 0 saturated heterocycles. The normalized spacial score (nSPS) is 23.1. The van der Waals surface area contributed by atoms with Crippen LogP contribution in [0.25, 0.3) is 0 Å². The molecule has 1 fully saturated rings. The van der Waals surface area contributed by atoms with Crippen molar-refractivity contribution < 1.29 is 9.18 Å². The van der Waals surface area contributed by atoms with E-state index in [2.05, 4.69) is 5.32 Å². The van der Waals surface area contributed by atoms with Crippen LogP contribution in [0.5, 0.6) is 0 Å². The van der Waals surface area contributed by atoms with Crippen molar-refractivity contribution in [1.82, 2.24) is 5.32 Å². The summed E-state index contributed by atoms with van der Waals surface area (Å²) in [5.41, 5.74) is 7.10. The third kappa shape index (κ3) is 4.30. The van der Waals surface area contributed by atoms with Crippen molar-refractivity contribution >= 4 is 5.91 Å². The van der Waals surface area contributed by atoms with Crippen LogP contribution in [0.2, 0.25) is 0 Å². The molecule has 3 N–H and O–H groups in total. The van der Waals surface area contributed by atoms with E-state index in [0.717, 1.165) is 31.2 Å². The van der Waals surface area contributed by atoms with Crippen LogP contribution in [0.15, 0.2) is 24.3 Å². The third-order valence-corrected chi connectivity index (χ3v) is 4.03. The van der Waals surface area contributed by atoms with Gasteiger partial charge in [0.1, 0.15) is 5.82 Å². The predicted octanol–water partition coefficient (Wildman–Crippen LogP) is 2.39. The number of carbonyl (C=O) groups excluding carboxylic acids is 1. The maximum atomic E-state index is 12.8. The summed E-state index contributed by atoms with van der Waals surface area (Å²) in [6.45, 7) is 0.577. The van der Waals surface area contributed by atoms with Gasteiger partial charge in [0.25, 0.3) is 0 Å². The van der Waals surface area contributed by atoms with Gasteiger partial charge in [0, 0.05) is 12.6 Å². The van der Waals surface area contributed by atoms with Crippen LogP contribution in [0.3, 0.4) is 0 Å². The van der Waals surface area contributed by atoms with E-state index < -0.39 is 0 Å². The number of nitrogens with one attached hydrogen (secondary N) is 1. The van der Waals surface area contributed by atoms with Gasteiger partial charge >= 0.3 is 0 Å². The minimum atomic E-state index is -0.234. The highest BCUT2D eigenvalue weighted by molar-refractivity contribution is 5.79. The molecule has 2 atom stereocenters. The second kappa shape index (κ2) is 7.39. The Kier molecular flexibility index (Phi) is 5.53. The average molecular weight is 278 g/mol. The number of rotatable bonds is 4. The highest BCUT2D eigenvalue weighted by Gasteiger charge is 2.26. The van der Waals surface area contributed by atoms with Crippen molar-refractivity contribution in [3.8, 4) is 0 Å². The van der Waals surface area contributed by atoms with E-state index >= 15 is 0 Å². The standard InChI is InChI=1S/C16H23FN2O/c17-13-8-6-12(7-9-13)10-11-19-16(20)14-4-2-1-3-5-15(14)18/h6-9,14-15H,1-5,10-11,18H2,(H,19,20). The number of carbonyl (C=O) groups is 1. The van der Waals surface area contributed by atoms with Crippen molar-refractivity contribution in [3.05, 3.63) is 35.6 Å². The van der Waals surface area contributed by atoms with Crippen molar-refractivity contribution in [1.29, 1.82) is 0 Å². The Labute approximate surface area is 119 Å². The molecule has 1 aromatic rings. The van der Waals surface area contributed by atoms with E-state index in [-0.39, 0.29) is 23.7 Å². The highest BCUT2D eigenvalue weighted by atomic mass is 19.1. The van der Waals surface area contributed by atoms with E-state index in [4.69, 9.17) is 5.73 Å². The maximum absolute atomic E-state index is 12.8. The topological polar surface area (TPSA) is 55.1 Å². The molecule has 1 aliphatic rings. The molecule has 0 bridgehead atoms. The Hall–Kier alpha value is -1.42. The fourth-order valence-corrected chi connectivity index (χ4v) is 2.77. The zero-order valence-corrected chi connectivity index (χ0v) is 11.8. The lowest BCUT2D eigenvalue weighted by Crippen LogP contribution is -2.41. The minimum absolute atomic E-state index is 0.0108. The quantitative estimate of drug-likeness (QED) is 0.831. The van der Waals surface area contributed by atoms with Gasteiger partial charge in [-0.25, -0.2) is 4.39 Å². The molecule has 1 aromatic carbocycles. The first-order valence-electron chi connectivity index (χ1n) is 7.44. The van der Waals surface area contributed by atoms with Gasteiger partial charge in [0.2, 0.25) is 5.91 Å². The fourth-order valence-electron chi connectivity index (χ4n) is 2.77. The molecular weight excluding hydrogens is 255 g/mol. The zero-order chi connectivity index (χ0) is 14.4. The zero-order valence-electron chi connectivity index (χ0n) is 11.8. The summed E-state index contributed by atoms with van der Waals surface area (Å²) < 4.78 is 12.8. The van der Waals surface area contributed by atoms with Gasteiger partial charge < -0.3 is 11.1 Å². The molecule has 2 unspecified atom stereocenters. The van der Waals surface area contributed by atoms with Gasteiger partial charge in [0.15, 0.2) is 0 Å². The molecule has 0 spiro atoms. The monoisotopic (exact) mass is 278 g/mol. The molecule has 2 rings (SSSR count). The molecule has 0 aromatic heterocycles. The first kappa shape index (κ1) is 15.0. The lowest BCUT2D eigenvalue weighted by atomic mass is 9.94. The smallest absolute Gasteiger partial charge is 0.224 e. The molecule has 110 valence electrons. The van der Waals surface area contributed by atoms with Crippen molar-refractivity contribution in [3.63, 3.8) is 0 Å². The van der Waals surface area contributed by atoms with Crippen molar-refractivity contribution in [2.24, 2.45) is 11.7 Å². The molecular formula is C16H23FN2O. The molecule has 1 aliphatic carbocycles. The second-order valence-corrected chi connectivity index (χ2v) is 5.58. The van der Waals surface area contributed by atoms with Crippen LogP contribution < -0.4 is 11.1 Å². The van der Waals surface area contributed by atoms with Crippen molar-refractivity contribution in [2.75, 3.05) is 6.54 Å². The van der Waals surface area contributed by atoms with E-state index in [1.807, 2.05) is 0 Å². The summed E-state index contributed by atoms with van der Waals surface area (Å²) >= 11 is 0. The van der Waals surface area contributed by atoms with Crippen LogP contribution in [0.4, 0.5) is 4.39 Å². The van der Waals surface area contributed by atoms with Gasteiger partial charge in [0.05, 0.1) is 5.92 Å². The maximum Gasteiger partial charge on any atom is 0.224 e. The number of hydrogen-bond acceptors (Lipinski definition) is 2. The van der Waals surface area contributed by atoms with Crippen LogP contribution in [0.1, 0.15) is 37.7 Å². The minimum Gasteiger partial charge on any atom is -0.355 e. The van der Waals surface area contributed by atoms with Gasteiger partial charge in [-0.15, -0.1) is 0 Å². The summed E-state index contributed by atoms with van der Waals surface area (Å²) in [5, 5.41) is 2.96. The Morgan fingerprint density at radius 2 is 1.90 bits per heavy atom. The number of amides is 1. The van der Waals surface area contributed by atoms with Gasteiger partial charge in [-0.2, -0.15) is 0 Å². The average Bonchev–Trinajstić information content (AvgIpc) is 2.65. The van der Waals surface area contributed by atoms with Crippen molar-refractivity contribution in [2.45, 2.75) is 44.6 Å². The Balaban J connectivity index is 1.78. The number of benzene rings is 1. The SMILES string of the molecule is NC1CCCCCC1C(=O)NCCc1ccc(F)cc1. The summed E-state index contributed by atoms with van der Waals surface area (Å²) in [4.78, 5) is 12.2. The van der Waals surface area contributed by atoms with Crippen LogP contribution in [-0.4, -0.2) is 18.5 Å². The summed E-state index contributed by atoms with van der Waals surface area (Å²) in [6.07, 6.45) is 5.94. The summed E-state index contributed by atoms with van der Waals surface area (Å²) in [5.74, 6) is -0.213. The number of hydrogen-bond donors (Lipinski definition) is 2. The molecule has 0 radical (unpaired) electrons. The Bertz CT molecular complexity index is 433. The van der Waals surface area contributed by atoms with Crippen LogP contribution in [-0.2, 0) is 11.2 Å². The number of nitrogens with two attached hydrogens (primary N) is 1. The van der Waals surface area contributed by atoms with Gasteiger partial charge in [-0.1, -0.05) is 31.4 Å². The van der Waals surface area contributed by atoms with E-state index in [1.165, 1.54) is 18.6 Å². The Morgan fingerprint density at radius 3 is 2.65 bits per heavy atom. The summed E-state index contributed by atoms with van der Waals surface area (Å²) in [7, 11) is 0. The lowest BCUT2D eigenvalue weighted by Gasteiger charge is -2.20. The Morgan fingerprint density at radius 1 is 1.20 bits per heavy atom. The second-order valence-electron chi connectivity index (χ2n) is 5.58. The van der Waals surface area contributed by atoms with E-state index in [0.29, 0.717) is 13.0 Å². The highest BCUT2D eigenvalue weighted by Crippen LogP contribution is 2.22. The van der Waals surface area contributed by atoms with E-state index in [9.17, 15) is 9.18 Å². The fraction of sp³-hybridized carbons (Fsp3) is 0.562. The lowest BCUT2D eigenvalue weighted by molar-refractivity contribution is -0.125. The molecule has 3 nitrogen and oxygen atoms in total. The molecule has 1 saturated carbocycles. The third-order valence-electron chi connectivity index (χ3n) is 4.03. The van der Waals surface area contributed by atoms with E-state index in [1.54, 1.807) is 12.1 Å². The van der Waals surface area contributed by atoms with Crippen LogP contribution in [0, 0.1) is 11.7 Å². The molecule has 4 heteroatoms. The van der Waals surface area contributed by atoms with Gasteiger partial charge in [-0.3, -0.25) is 4.79 Å². The van der Waals surface area contributed by atoms with Crippen LogP contribution >= 0.6 is 0 Å².